The minimum absolute atomic E-state index is 0.0651. The molecule has 0 radical (unpaired) electrons. The van der Waals surface area contributed by atoms with Crippen LogP contribution in [0.3, 0.4) is 0 Å². The lowest BCUT2D eigenvalue weighted by atomic mass is 9.85. The first kappa shape index (κ1) is 12.0. The lowest BCUT2D eigenvalue weighted by Gasteiger charge is -2.44. The van der Waals surface area contributed by atoms with Crippen LogP contribution >= 0.6 is 0 Å². The molecule has 1 heterocycles. The van der Waals surface area contributed by atoms with Crippen molar-refractivity contribution in [3.63, 3.8) is 0 Å². The van der Waals surface area contributed by atoms with Crippen LogP contribution in [0.25, 0.3) is 6.08 Å². The van der Waals surface area contributed by atoms with E-state index in [2.05, 4.69) is 85.5 Å². The van der Waals surface area contributed by atoms with Gasteiger partial charge in [-0.25, -0.2) is 0 Å². The predicted octanol–water partition coefficient (Wildman–Crippen LogP) is 4.46. The van der Waals surface area contributed by atoms with E-state index in [-0.39, 0.29) is 5.54 Å². The van der Waals surface area contributed by atoms with Gasteiger partial charge in [0, 0.05) is 12.2 Å². The Balaban J connectivity index is 2.15. The summed E-state index contributed by atoms with van der Waals surface area (Å²) in [5.41, 5.74) is 3.89. The van der Waals surface area contributed by atoms with E-state index in [4.69, 9.17) is 0 Å². The molecule has 0 amide bonds. The standard InChI is InChI=1S/C18H19N/c1-3-19-17-12-8-7-9-15(17)13-14-18(19,2)16-10-5-4-6-11-16/h4-14H,3H2,1-2H3/t18-/m1/s1. The van der Waals surface area contributed by atoms with Gasteiger partial charge in [-0.05, 0) is 31.0 Å². The molecular formula is C18H19N. The van der Waals surface area contributed by atoms with Crippen LogP contribution in [0.2, 0.25) is 0 Å². The summed E-state index contributed by atoms with van der Waals surface area (Å²) < 4.78 is 0. The maximum absolute atomic E-state index is 2.47. The van der Waals surface area contributed by atoms with E-state index in [9.17, 15) is 0 Å². The number of hydrogen-bond donors (Lipinski definition) is 0. The quantitative estimate of drug-likeness (QED) is 0.759. The van der Waals surface area contributed by atoms with E-state index in [0.29, 0.717) is 0 Å². The number of para-hydroxylation sites is 1. The third kappa shape index (κ3) is 1.86. The first-order chi connectivity index (χ1) is 9.25. The zero-order chi connectivity index (χ0) is 13.3. The molecule has 2 aromatic rings. The molecule has 1 atom stereocenters. The molecule has 0 saturated carbocycles. The molecule has 0 unspecified atom stereocenters. The number of likely N-dealkylation sites (N-methyl/N-ethyl adjacent to an activating group) is 1. The first-order valence-electron chi connectivity index (χ1n) is 6.87. The van der Waals surface area contributed by atoms with Crippen LogP contribution in [-0.2, 0) is 5.54 Å². The highest BCUT2D eigenvalue weighted by molar-refractivity contribution is 5.74. The van der Waals surface area contributed by atoms with Gasteiger partial charge >= 0.3 is 0 Å². The molecule has 0 spiro atoms. The van der Waals surface area contributed by atoms with Gasteiger partial charge in [-0.15, -0.1) is 0 Å². The van der Waals surface area contributed by atoms with Crippen molar-refractivity contribution in [3.05, 3.63) is 71.8 Å². The molecule has 0 bridgehead atoms. The van der Waals surface area contributed by atoms with E-state index in [1.54, 1.807) is 0 Å². The SMILES string of the molecule is CCN1c2ccccc2C=C[C@]1(C)c1ccccc1. The molecule has 2 aromatic carbocycles. The molecule has 96 valence electrons. The van der Waals surface area contributed by atoms with E-state index >= 15 is 0 Å². The molecule has 0 aromatic heterocycles. The summed E-state index contributed by atoms with van der Waals surface area (Å²) in [5, 5.41) is 0. The Kier molecular flexibility index (Phi) is 2.90. The molecular weight excluding hydrogens is 230 g/mol. The highest BCUT2D eigenvalue weighted by atomic mass is 15.2. The van der Waals surface area contributed by atoms with Crippen LogP contribution in [0.15, 0.2) is 60.7 Å². The maximum Gasteiger partial charge on any atom is 0.0812 e. The van der Waals surface area contributed by atoms with Crippen LogP contribution in [0.1, 0.15) is 25.0 Å². The number of nitrogens with zero attached hydrogens (tertiary/aromatic N) is 1. The number of benzene rings is 2. The Morgan fingerprint density at radius 2 is 1.63 bits per heavy atom. The van der Waals surface area contributed by atoms with E-state index < -0.39 is 0 Å². The Morgan fingerprint density at radius 1 is 0.947 bits per heavy atom. The predicted molar refractivity (Wildman–Crippen MR) is 82.3 cm³/mol. The van der Waals surface area contributed by atoms with Crippen molar-refractivity contribution in [2.24, 2.45) is 0 Å². The Bertz CT molecular complexity index is 600. The zero-order valence-electron chi connectivity index (χ0n) is 11.5. The Morgan fingerprint density at radius 3 is 2.37 bits per heavy atom. The second kappa shape index (κ2) is 4.58. The minimum atomic E-state index is -0.0651. The monoisotopic (exact) mass is 249 g/mol. The highest BCUT2D eigenvalue weighted by Crippen LogP contribution is 2.40. The van der Waals surface area contributed by atoms with Crippen molar-refractivity contribution >= 4 is 11.8 Å². The van der Waals surface area contributed by atoms with Gasteiger partial charge in [0.25, 0.3) is 0 Å². The van der Waals surface area contributed by atoms with E-state index in [1.165, 1.54) is 16.8 Å². The van der Waals surface area contributed by atoms with Crippen molar-refractivity contribution in [2.45, 2.75) is 19.4 Å². The van der Waals surface area contributed by atoms with Crippen LogP contribution in [0.4, 0.5) is 5.69 Å². The summed E-state index contributed by atoms with van der Waals surface area (Å²) in [5.74, 6) is 0. The first-order valence-corrected chi connectivity index (χ1v) is 6.87. The summed E-state index contributed by atoms with van der Waals surface area (Å²) in [4.78, 5) is 2.47. The van der Waals surface area contributed by atoms with Crippen molar-refractivity contribution in [1.29, 1.82) is 0 Å². The van der Waals surface area contributed by atoms with Gasteiger partial charge in [0.2, 0.25) is 0 Å². The topological polar surface area (TPSA) is 3.24 Å². The van der Waals surface area contributed by atoms with Crippen LogP contribution in [-0.4, -0.2) is 6.54 Å². The molecule has 0 N–H and O–H groups in total. The molecule has 19 heavy (non-hydrogen) atoms. The molecule has 1 nitrogen and oxygen atoms in total. The van der Waals surface area contributed by atoms with Gasteiger partial charge < -0.3 is 4.90 Å². The summed E-state index contributed by atoms with van der Waals surface area (Å²) in [6, 6.07) is 19.3. The highest BCUT2D eigenvalue weighted by Gasteiger charge is 2.33. The molecule has 0 aliphatic carbocycles. The normalized spacial score (nSPS) is 21.3. The summed E-state index contributed by atoms with van der Waals surface area (Å²) in [6.45, 7) is 5.50. The van der Waals surface area contributed by atoms with Crippen molar-refractivity contribution in [2.75, 3.05) is 11.4 Å². The average molecular weight is 249 g/mol. The summed E-state index contributed by atoms with van der Waals surface area (Å²) in [6.07, 6.45) is 4.56. The number of hydrogen-bond acceptors (Lipinski definition) is 1. The van der Waals surface area contributed by atoms with Gasteiger partial charge in [0.05, 0.1) is 5.54 Å². The third-order valence-electron chi connectivity index (χ3n) is 4.05. The van der Waals surface area contributed by atoms with E-state index in [0.717, 1.165) is 6.54 Å². The molecule has 1 aliphatic heterocycles. The summed E-state index contributed by atoms with van der Waals surface area (Å²) >= 11 is 0. The third-order valence-corrected chi connectivity index (χ3v) is 4.05. The summed E-state index contributed by atoms with van der Waals surface area (Å²) in [7, 11) is 0. The minimum Gasteiger partial charge on any atom is -0.358 e. The van der Waals surface area contributed by atoms with Gasteiger partial charge in [0.1, 0.15) is 0 Å². The van der Waals surface area contributed by atoms with Gasteiger partial charge in [-0.2, -0.15) is 0 Å². The number of anilines is 1. The second-order valence-electron chi connectivity index (χ2n) is 5.15. The molecule has 0 saturated heterocycles. The Hall–Kier alpha value is -2.02. The molecule has 0 fully saturated rings. The second-order valence-corrected chi connectivity index (χ2v) is 5.15. The Labute approximate surface area is 115 Å². The largest absolute Gasteiger partial charge is 0.358 e. The fourth-order valence-electron chi connectivity index (χ4n) is 2.99. The molecule has 1 heteroatoms. The van der Waals surface area contributed by atoms with Crippen LogP contribution in [0.5, 0.6) is 0 Å². The van der Waals surface area contributed by atoms with Gasteiger partial charge in [0.15, 0.2) is 0 Å². The lowest BCUT2D eigenvalue weighted by Crippen LogP contribution is -2.44. The lowest BCUT2D eigenvalue weighted by molar-refractivity contribution is 0.547. The van der Waals surface area contributed by atoms with Crippen molar-refractivity contribution in [1.82, 2.24) is 0 Å². The molecule has 1 aliphatic rings. The fourth-order valence-corrected chi connectivity index (χ4v) is 2.99. The average Bonchev–Trinajstić information content (AvgIpc) is 2.48. The van der Waals surface area contributed by atoms with Crippen LogP contribution < -0.4 is 4.90 Å². The van der Waals surface area contributed by atoms with Crippen LogP contribution in [0, 0.1) is 0 Å². The number of rotatable bonds is 2. The van der Waals surface area contributed by atoms with Gasteiger partial charge in [-0.3, -0.25) is 0 Å². The molecule has 3 rings (SSSR count). The number of fused-ring (bicyclic) bond motifs is 1. The maximum atomic E-state index is 2.47. The van der Waals surface area contributed by atoms with Gasteiger partial charge in [-0.1, -0.05) is 60.7 Å². The van der Waals surface area contributed by atoms with Crippen molar-refractivity contribution in [3.8, 4) is 0 Å². The van der Waals surface area contributed by atoms with E-state index in [1.807, 2.05) is 0 Å². The smallest absolute Gasteiger partial charge is 0.0812 e. The zero-order valence-corrected chi connectivity index (χ0v) is 11.5. The van der Waals surface area contributed by atoms with Crippen molar-refractivity contribution < 1.29 is 0 Å². The fraction of sp³-hybridized carbons (Fsp3) is 0.222.